The maximum atomic E-state index is 14.8. The first-order chi connectivity index (χ1) is 28.1. The molecular formula is C48H29N7O2. The van der Waals surface area contributed by atoms with Gasteiger partial charge in [-0.2, -0.15) is 9.97 Å². The van der Waals surface area contributed by atoms with Crippen LogP contribution in [0.25, 0.3) is 94.8 Å². The van der Waals surface area contributed by atoms with Gasteiger partial charge in [-0.3, -0.25) is 4.79 Å². The second kappa shape index (κ2) is 12.8. The fourth-order valence-electron chi connectivity index (χ4n) is 7.88. The standard InChI is InChI=1S/C48H29N7O2/c56-46-36-21-10-12-22-39(36)49-45-38-29-33(32-24-26-41-37(28-32)35-20-11-13-23-40(35)53(41)34-18-8-3-9-19-34)25-27-42(38)54(48(57)55(45)46)47-51-43(30-14-4-1-5-15-30)50-44(52-47)31-16-6-2-7-17-31/h1-29H. The van der Waals surface area contributed by atoms with E-state index in [4.69, 9.17) is 19.9 Å². The lowest BCUT2D eigenvalue weighted by Crippen LogP contribution is -2.35. The Morgan fingerprint density at radius 3 is 1.58 bits per heavy atom. The van der Waals surface area contributed by atoms with Gasteiger partial charge in [-0.1, -0.05) is 121 Å². The van der Waals surface area contributed by atoms with Crippen LogP contribution in [0, 0.1) is 0 Å². The Labute approximate surface area is 324 Å². The Morgan fingerprint density at radius 1 is 0.386 bits per heavy atom. The highest BCUT2D eigenvalue weighted by Crippen LogP contribution is 2.36. The molecule has 0 atom stereocenters. The smallest absolute Gasteiger partial charge is 0.309 e. The van der Waals surface area contributed by atoms with Crippen molar-refractivity contribution < 1.29 is 0 Å². The third kappa shape index (κ3) is 5.17. The number of hydrogen-bond acceptors (Lipinski definition) is 6. The van der Waals surface area contributed by atoms with Gasteiger partial charge >= 0.3 is 5.69 Å². The molecular weight excluding hydrogens is 707 g/mol. The van der Waals surface area contributed by atoms with E-state index in [-0.39, 0.29) is 11.6 Å². The molecule has 4 heterocycles. The Kier molecular flexibility index (Phi) is 7.27. The lowest BCUT2D eigenvalue weighted by Gasteiger charge is -2.15. The molecule has 0 saturated heterocycles. The summed E-state index contributed by atoms with van der Waals surface area (Å²) in [6, 6.07) is 57.3. The molecule has 9 nitrogen and oxygen atoms in total. The molecule has 0 fully saturated rings. The molecule has 11 rings (SSSR count). The molecule has 0 aliphatic carbocycles. The first-order valence-corrected chi connectivity index (χ1v) is 18.6. The van der Waals surface area contributed by atoms with Crippen molar-refractivity contribution in [2.45, 2.75) is 0 Å². The van der Waals surface area contributed by atoms with Gasteiger partial charge in [-0.25, -0.2) is 23.7 Å². The maximum absolute atomic E-state index is 14.8. The zero-order valence-corrected chi connectivity index (χ0v) is 30.2. The van der Waals surface area contributed by atoms with Crippen LogP contribution >= 0.6 is 0 Å². The van der Waals surface area contributed by atoms with Crippen molar-refractivity contribution in [2.24, 2.45) is 0 Å². The Balaban J connectivity index is 1.20. The van der Waals surface area contributed by atoms with Crippen LogP contribution in [0.1, 0.15) is 0 Å². The molecule has 0 aliphatic rings. The summed E-state index contributed by atoms with van der Waals surface area (Å²) in [6.07, 6.45) is 0. The molecule has 57 heavy (non-hydrogen) atoms. The number of nitrogens with zero attached hydrogens (tertiary/aromatic N) is 7. The zero-order chi connectivity index (χ0) is 38.0. The van der Waals surface area contributed by atoms with Gasteiger partial charge in [0.05, 0.1) is 27.5 Å². The van der Waals surface area contributed by atoms with Gasteiger partial charge < -0.3 is 4.57 Å². The van der Waals surface area contributed by atoms with Crippen LogP contribution in [0.15, 0.2) is 186 Å². The number of aromatic nitrogens is 7. The molecule has 0 bridgehead atoms. The molecule has 0 amide bonds. The number of benzene rings is 7. The summed E-state index contributed by atoms with van der Waals surface area (Å²) in [6.45, 7) is 0. The Morgan fingerprint density at radius 2 is 0.912 bits per heavy atom. The summed E-state index contributed by atoms with van der Waals surface area (Å²) >= 11 is 0. The van der Waals surface area contributed by atoms with Gasteiger partial charge in [-0.15, -0.1) is 0 Å². The summed E-state index contributed by atoms with van der Waals surface area (Å²) in [4.78, 5) is 48.7. The van der Waals surface area contributed by atoms with E-state index in [1.54, 1.807) is 18.2 Å². The van der Waals surface area contributed by atoms with Crippen molar-refractivity contribution in [2.75, 3.05) is 0 Å². The number of hydrogen-bond donors (Lipinski definition) is 0. The third-order valence-electron chi connectivity index (χ3n) is 10.5. The van der Waals surface area contributed by atoms with Crippen molar-refractivity contribution in [1.29, 1.82) is 0 Å². The maximum Gasteiger partial charge on any atom is 0.344 e. The summed E-state index contributed by atoms with van der Waals surface area (Å²) in [5, 5.41) is 3.16. The van der Waals surface area contributed by atoms with Crippen LogP contribution in [0.3, 0.4) is 0 Å². The molecule has 0 N–H and O–H groups in total. The van der Waals surface area contributed by atoms with Crippen LogP contribution < -0.4 is 11.2 Å². The minimum Gasteiger partial charge on any atom is -0.309 e. The average Bonchev–Trinajstić information content (AvgIpc) is 3.61. The zero-order valence-electron chi connectivity index (χ0n) is 30.2. The highest BCUT2D eigenvalue weighted by Gasteiger charge is 2.21. The van der Waals surface area contributed by atoms with Gasteiger partial charge in [0, 0.05) is 33.0 Å². The highest BCUT2D eigenvalue weighted by atomic mass is 16.2. The third-order valence-corrected chi connectivity index (χ3v) is 10.5. The van der Waals surface area contributed by atoms with Gasteiger partial charge in [0.2, 0.25) is 5.95 Å². The van der Waals surface area contributed by atoms with E-state index in [0.29, 0.717) is 33.5 Å². The molecule has 9 heteroatoms. The molecule has 0 spiro atoms. The SMILES string of the molecule is O=c1c2ccccc2nc2c3cc(-c4ccc5c(c4)c4ccccc4n5-c4ccccc4)ccc3n(-c3nc(-c4ccccc4)nc(-c4ccccc4)n3)c(=O)n12. The molecule has 4 aromatic heterocycles. The van der Waals surface area contributed by atoms with Crippen LogP contribution in [0.5, 0.6) is 0 Å². The van der Waals surface area contributed by atoms with Gasteiger partial charge in [-0.05, 0) is 65.7 Å². The van der Waals surface area contributed by atoms with Crippen molar-refractivity contribution in [3.63, 3.8) is 0 Å². The number of para-hydroxylation sites is 3. The van der Waals surface area contributed by atoms with E-state index in [0.717, 1.165) is 54.1 Å². The predicted molar refractivity (Wildman–Crippen MR) is 226 cm³/mol. The van der Waals surface area contributed by atoms with Crippen LogP contribution in [-0.2, 0) is 0 Å². The van der Waals surface area contributed by atoms with Crippen molar-refractivity contribution >= 4 is 49.3 Å². The van der Waals surface area contributed by atoms with E-state index in [2.05, 4.69) is 59.2 Å². The fourth-order valence-corrected chi connectivity index (χ4v) is 7.88. The quantitative estimate of drug-likeness (QED) is 0.129. The molecule has 0 unspecified atom stereocenters. The van der Waals surface area contributed by atoms with Gasteiger partial charge in [0.1, 0.15) is 0 Å². The summed E-state index contributed by atoms with van der Waals surface area (Å²) in [7, 11) is 0. The van der Waals surface area contributed by atoms with E-state index >= 15 is 0 Å². The molecule has 11 aromatic rings. The van der Waals surface area contributed by atoms with Crippen molar-refractivity contribution in [1.82, 2.24) is 33.5 Å². The first kappa shape index (κ1) is 32.4. The van der Waals surface area contributed by atoms with Crippen molar-refractivity contribution in [3.8, 4) is 45.5 Å². The van der Waals surface area contributed by atoms with Crippen molar-refractivity contribution in [3.05, 3.63) is 197 Å². The lowest BCUT2D eigenvalue weighted by molar-refractivity contribution is 0.828. The molecule has 268 valence electrons. The molecule has 7 aromatic carbocycles. The van der Waals surface area contributed by atoms with E-state index in [1.807, 2.05) is 103 Å². The molecule has 0 aliphatic heterocycles. The second-order valence-corrected chi connectivity index (χ2v) is 13.9. The second-order valence-electron chi connectivity index (χ2n) is 13.9. The lowest BCUT2D eigenvalue weighted by atomic mass is 10.0. The summed E-state index contributed by atoms with van der Waals surface area (Å²) in [5.74, 6) is 0.869. The largest absolute Gasteiger partial charge is 0.344 e. The van der Waals surface area contributed by atoms with Crippen LogP contribution in [-0.4, -0.2) is 33.5 Å². The minimum absolute atomic E-state index is 0.0857. The summed E-state index contributed by atoms with van der Waals surface area (Å²) < 4.78 is 4.82. The average molecular weight is 736 g/mol. The van der Waals surface area contributed by atoms with Crippen LogP contribution in [0.4, 0.5) is 0 Å². The highest BCUT2D eigenvalue weighted by molar-refractivity contribution is 6.10. The van der Waals surface area contributed by atoms with E-state index < -0.39 is 11.2 Å². The molecule has 0 saturated carbocycles. The Bertz CT molecular complexity index is 3450. The Hall–Kier alpha value is -8.04. The van der Waals surface area contributed by atoms with E-state index in [1.165, 1.54) is 4.57 Å². The first-order valence-electron chi connectivity index (χ1n) is 18.6. The number of rotatable bonds is 5. The van der Waals surface area contributed by atoms with Gasteiger partial charge in [0.15, 0.2) is 17.3 Å². The number of fused-ring (bicyclic) bond motifs is 7. The van der Waals surface area contributed by atoms with Crippen LogP contribution in [0.2, 0.25) is 0 Å². The predicted octanol–water partition coefficient (Wildman–Crippen LogP) is 9.43. The topological polar surface area (TPSA) is 100.0 Å². The van der Waals surface area contributed by atoms with Gasteiger partial charge in [0.25, 0.3) is 5.56 Å². The van der Waals surface area contributed by atoms with E-state index in [9.17, 15) is 9.59 Å². The molecule has 0 radical (unpaired) electrons. The summed E-state index contributed by atoms with van der Waals surface area (Å²) in [5.41, 5.74) is 6.80. The normalized spacial score (nSPS) is 11.6. The fraction of sp³-hybridized carbons (Fsp3) is 0. The minimum atomic E-state index is -0.632. The monoisotopic (exact) mass is 735 g/mol.